The second-order valence-corrected chi connectivity index (χ2v) is 5.73. The van der Waals surface area contributed by atoms with E-state index in [1.807, 2.05) is 11.8 Å². The summed E-state index contributed by atoms with van der Waals surface area (Å²) in [6.45, 7) is 1.38. The second kappa shape index (κ2) is 5.38. The molecule has 0 amide bonds. The van der Waals surface area contributed by atoms with Gasteiger partial charge in [-0.15, -0.1) is 0 Å². The fourth-order valence-corrected chi connectivity index (χ4v) is 3.83. The number of aliphatic carboxylic acids is 1. The molecular weight excluding hydrogens is 226 g/mol. The van der Waals surface area contributed by atoms with Gasteiger partial charge in [-0.05, 0) is 25.0 Å². The van der Waals surface area contributed by atoms with Crippen LogP contribution in [0.2, 0.25) is 0 Å². The fourth-order valence-electron chi connectivity index (χ4n) is 2.45. The predicted octanol–water partition coefficient (Wildman–Crippen LogP) is 1.11. The summed E-state index contributed by atoms with van der Waals surface area (Å²) in [5.41, 5.74) is 0.0871. The second-order valence-electron chi connectivity index (χ2n) is 4.62. The number of thioether (sulfide) groups is 1. The monoisotopic (exact) mass is 245 g/mol. The van der Waals surface area contributed by atoms with Crippen LogP contribution in [0, 0.1) is 0 Å². The summed E-state index contributed by atoms with van der Waals surface area (Å²) in [6.07, 6.45) is 3.40. The minimum absolute atomic E-state index is 0.0871. The third-order valence-corrected chi connectivity index (χ3v) is 4.55. The van der Waals surface area contributed by atoms with Crippen molar-refractivity contribution in [3.05, 3.63) is 0 Å². The van der Waals surface area contributed by atoms with Crippen molar-refractivity contribution >= 4 is 17.7 Å². The summed E-state index contributed by atoms with van der Waals surface area (Å²) in [6, 6.07) is 0.437. The van der Waals surface area contributed by atoms with E-state index in [9.17, 15) is 4.79 Å². The molecule has 2 saturated heterocycles. The number of nitrogens with one attached hydrogen (secondary N) is 1. The highest BCUT2D eigenvalue weighted by molar-refractivity contribution is 7.99. The molecule has 4 nitrogen and oxygen atoms in total. The van der Waals surface area contributed by atoms with Crippen molar-refractivity contribution in [2.45, 2.75) is 37.3 Å². The van der Waals surface area contributed by atoms with Gasteiger partial charge < -0.3 is 15.2 Å². The first-order chi connectivity index (χ1) is 7.70. The minimum Gasteiger partial charge on any atom is -0.481 e. The third-order valence-electron chi connectivity index (χ3n) is 3.33. The molecule has 2 aliphatic rings. The zero-order chi connectivity index (χ0) is 11.4. The molecule has 5 heteroatoms. The molecule has 2 rings (SSSR count). The zero-order valence-electron chi connectivity index (χ0n) is 9.41. The van der Waals surface area contributed by atoms with Gasteiger partial charge in [0.05, 0.1) is 12.0 Å². The summed E-state index contributed by atoms with van der Waals surface area (Å²) < 4.78 is 5.91. The Kier molecular flexibility index (Phi) is 4.10. The Bertz CT molecular complexity index is 254. The van der Waals surface area contributed by atoms with Crippen molar-refractivity contribution in [3.63, 3.8) is 0 Å². The summed E-state index contributed by atoms with van der Waals surface area (Å²) >= 11 is 1.96. The first kappa shape index (κ1) is 12.2. The Morgan fingerprint density at radius 1 is 1.62 bits per heavy atom. The summed E-state index contributed by atoms with van der Waals surface area (Å²) in [5, 5.41) is 11.9. The minimum atomic E-state index is -0.731. The van der Waals surface area contributed by atoms with Gasteiger partial charge in [0.2, 0.25) is 0 Å². The molecule has 0 aromatic carbocycles. The van der Waals surface area contributed by atoms with Gasteiger partial charge in [-0.25, -0.2) is 0 Å². The zero-order valence-corrected chi connectivity index (χ0v) is 10.2. The van der Waals surface area contributed by atoms with Gasteiger partial charge in [0, 0.05) is 24.9 Å². The number of rotatable bonds is 4. The molecule has 92 valence electrons. The Hall–Kier alpha value is -0.260. The molecule has 0 bridgehead atoms. The van der Waals surface area contributed by atoms with Gasteiger partial charge in [0.25, 0.3) is 0 Å². The van der Waals surface area contributed by atoms with Crippen LogP contribution in [0.15, 0.2) is 0 Å². The molecule has 2 N–H and O–H groups in total. The lowest BCUT2D eigenvalue weighted by molar-refractivity contribution is -0.136. The van der Waals surface area contributed by atoms with Gasteiger partial charge in [0.1, 0.15) is 0 Å². The maximum atomic E-state index is 10.4. The van der Waals surface area contributed by atoms with Crippen molar-refractivity contribution in [2.75, 3.05) is 24.7 Å². The van der Waals surface area contributed by atoms with Gasteiger partial charge in [0.15, 0.2) is 0 Å². The van der Waals surface area contributed by atoms with Crippen LogP contribution in [0.25, 0.3) is 0 Å². The highest BCUT2D eigenvalue weighted by Gasteiger charge is 2.40. The van der Waals surface area contributed by atoms with Gasteiger partial charge in [-0.1, -0.05) is 0 Å². The first-order valence-corrected chi connectivity index (χ1v) is 7.03. The molecular formula is C11H19NO3S. The lowest BCUT2D eigenvalue weighted by Crippen LogP contribution is -2.47. The van der Waals surface area contributed by atoms with E-state index < -0.39 is 5.97 Å². The smallest absolute Gasteiger partial charge is 0.304 e. The van der Waals surface area contributed by atoms with Crippen molar-refractivity contribution in [3.8, 4) is 0 Å². The van der Waals surface area contributed by atoms with Crippen LogP contribution in [-0.2, 0) is 9.53 Å². The molecule has 16 heavy (non-hydrogen) atoms. The van der Waals surface area contributed by atoms with Crippen molar-refractivity contribution < 1.29 is 14.6 Å². The number of ether oxygens (including phenoxy) is 1. The van der Waals surface area contributed by atoms with Gasteiger partial charge in [-0.2, -0.15) is 11.8 Å². The molecule has 0 aromatic rings. The van der Waals surface area contributed by atoms with Crippen LogP contribution in [0.5, 0.6) is 0 Å². The number of hydrogen-bond acceptors (Lipinski definition) is 4. The van der Waals surface area contributed by atoms with E-state index in [1.54, 1.807) is 0 Å². The number of carboxylic acids is 1. The van der Waals surface area contributed by atoms with E-state index in [2.05, 4.69) is 5.32 Å². The van der Waals surface area contributed by atoms with Gasteiger partial charge >= 0.3 is 5.97 Å². The van der Waals surface area contributed by atoms with E-state index in [0.29, 0.717) is 12.6 Å². The molecule has 0 saturated carbocycles. The standard InChI is InChI=1S/C11H19NO3S/c13-10(14)1-4-12-9-2-5-15-11(7-9)3-6-16-8-11/h9,12H,1-8H2,(H,13,14). The molecule has 2 aliphatic heterocycles. The largest absolute Gasteiger partial charge is 0.481 e. The van der Waals surface area contributed by atoms with Crippen molar-refractivity contribution in [2.24, 2.45) is 0 Å². The quantitative estimate of drug-likeness (QED) is 0.777. The molecule has 2 fully saturated rings. The first-order valence-electron chi connectivity index (χ1n) is 5.87. The molecule has 1 spiro atoms. The average molecular weight is 245 g/mol. The summed E-state index contributed by atoms with van der Waals surface area (Å²) in [4.78, 5) is 10.4. The summed E-state index contributed by atoms with van der Waals surface area (Å²) in [5.74, 6) is 1.57. The maximum absolute atomic E-state index is 10.4. The summed E-state index contributed by atoms with van der Waals surface area (Å²) in [7, 11) is 0. The van der Waals surface area contributed by atoms with E-state index in [-0.39, 0.29) is 12.0 Å². The number of carbonyl (C=O) groups is 1. The lowest BCUT2D eigenvalue weighted by atomic mass is 9.90. The molecule has 2 heterocycles. The Balaban J connectivity index is 1.76. The van der Waals surface area contributed by atoms with E-state index in [0.717, 1.165) is 31.6 Å². The SMILES string of the molecule is O=C(O)CCNC1CCOC2(CCSC2)C1. The Morgan fingerprint density at radius 3 is 3.19 bits per heavy atom. The topological polar surface area (TPSA) is 58.6 Å². The van der Waals surface area contributed by atoms with Crippen LogP contribution < -0.4 is 5.32 Å². The third kappa shape index (κ3) is 3.12. The Labute approximate surface area is 100 Å². The van der Waals surface area contributed by atoms with E-state index in [1.165, 1.54) is 5.75 Å². The van der Waals surface area contributed by atoms with Crippen molar-refractivity contribution in [1.29, 1.82) is 0 Å². The van der Waals surface area contributed by atoms with Crippen LogP contribution in [0.3, 0.4) is 0 Å². The predicted molar refractivity (Wildman–Crippen MR) is 63.9 cm³/mol. The fraction of sp³-hybridized carbons (Fsp3) is 0.909. The van der Waals surface area contributed by atoms with Crippen LogP contribution in [0.1, 0.15) is 25.7 Å². The molecule has 2 unspecified atom stereocenters. The van der Waals surface area contributed by atoms with Gasteiger partial charge in [-0.3, -0.25) is 4.79 Å². The molecule has 0 aliphatic carbocycles. The molecule has 2 atom stereocenters. The van der Waals surface area contributed by atoms with E-state index >= 15 is 0 Å². The lowest BCUT2D eigenvalue weighted by Gasteiger charge is -2.38. The highest BCUT2D eigenvalue weighted by atomic mass is 32.2. The molecule has 0 radical (unpaired) electrons. The normalized spacial score (nSPS) is 34.4. The highest BCUT2D eigenvalue weighted by Crippen LogP contribution is 2.38. The van der Waals surface area contributed by atoms with Crippen molar-refractivity contribution in [1.82, 2.24) is 5.32 Å². The number of carboxylic acid groups (broad SMARTS) is 1. The van der Waals surface area contributed by atoms with Crippen LogP contribution in [0.4, 0.5) is 0 Å². The number of hydrogen-bond donors (Lipinski definition) is 2. The molecule has 0 aromatic heterocycles. The Morgan fingerprint density at radius 2 is 2.50 bits per heavy atom. The van der Waals surface area contributed by atoms with Crippen LogP contribution in [-0.4, -0.2) is 47.4 Å². The average Bonchev–Trinajstić information content (AvgIpc) is 2.66. The van der Waals surface area contributed by atoms with E-state index in [4.69, 9.17) is 9.84 Å². The maximum Gasteiger partial charge on any atom is 0.304 e. The van der Waals surface area contributed by atoms with Crippen LogP contribution >= 0.6 is 11.8 Å².